The van der Waals surface area contributed by atoms with Crippen LogP contribution >= 0.6 is 0 Å². The molecule has 0 radical (unpaired) electrons. The minimum absolute atomic E-state index is 0.234. The number of carboxylic acids is 1. The molecule has 0 fully saturated rings. The fourth-order valence-electron chi connectivity index (χ4n) is 1.43. The van der Waals surface area contributed by atoms with E-state index in [2.05, 4.69) is 6.58 Å². The van der Waals surface area contributed by atoms with Gasteiger partial charge in [-0.25, -0.2) is 0 Å². The zero-order chi connectivity index (χ0) is 11.5. The molecule has 0 amide bonds. The summed E-state index contributed by atoms with van der Waals surface area (Å²) in [6, 6.07) is 0. The number of ether oxygens (including phenoxy) is 2. The maximum atomic E-state index is 10.8. The van der Waals surface area contributed by atoms with Crippen molar-refractivity contribution in [2.24, 2.45) is 5.92 Å². The summed E-state index contributed by atoms with van der Waals surface area (Å²) in [7, 11) is 0. The van der Waals surface area contributed by atoms with Crippen LogP contribution in [0.4, 0.5) is 0 Å². The van der Waals surface area contributed by atoms with Gasteiger partial charge in [0.2, 0.25) is 0 Å². The Bertz CT molecular complexity index is 292. The van der Waals surface area contributed by atoms with Crippen LogP contribution in [-0.4, -0.2) is 35.0 Å². The number of carboxylic acid groups (broad SMARTS) is 1. The fraction of sp³-hybridized carbons (Fsp3) is 0.500. The molecule has 0 saturated carbocycles. The molecule has 0 heterocycles. The summed E-state index contributed by atoms with van der Waals surface area (Å²) in [5.41, 5.74) is -1.32. The second kappa shape index (κ2) is 4.35. The van der Waals surface area contributed by atoms with Gasteiger partial charge in [0.15, 0.2) is 0 Å². The summed E-state index contributed by atoms with van der Waals surface area (Å²) in [5.74, 6) is -1.80. The van der Waals surface area contributed by atoms with Crippen molar-refractivity contribution >= 4 is 5.97 Å². The Kier molecular flexibility index (Phi) is 3.36. The Morgan fingerprint density at radius 2 is 2.40 bits per heavy atom. The Balaban J connectivity index is 2.43. The van der Waals surface area contributed by atoms with Gasteiger partial charge in [0.05, 0.1) is 6.26 Å². The van der Waals surface area contributed by atoms with Crippen LogP contribution in [0.5, 0.6) is 0 Å². The second-order valence-corrected chi connectivity index (χ2v) is 3.43. The number of aliphatic hydroxyl groups is 1. The number of carbonyl (C=O) groups is 1. The molecule has 2 atom stereocenters. The average Bonchev–Trinajstić information content (AvgIpc) is 2.08. The number of hydrogen-bond donors (Lipinski definition) is 2. The van der Waals surface area contributed by atoms with Gasteiger partial charge in [-0.2, -0.15) is 0 Å². The van der Waals surface area contributed by atoms with Gasteiger partial charge in [0, 0.05) is 0 Å². The van der Waals surface area contributed by atoms with E-state index in [0.717, 1.165) is 0 Å². The SMILES string of the molecule is C=COCCOC1=CC(C)(O)C1C(=O)O. The van der Waals surface area contributed by atoms with E-state index in [0.29, 0.717) is 6.61 Å². The lowest BCUT2D eigenvalue weighted by Gasteiger charge is -2.37. The normalized spacial score (nSPS) is 28.7. The summed E-state index contributed by atoms with van der Waals surface area (Å²) in [5, 5.41) is 18.3. The molecule has 1 aliphatic carbocycles. The Morgan fingerprint density at radius 1 is 1.73 bits per heavy atom. The quantitative estimate of drug-likeness (QED) is 0.497. The molecule has 2 N–H and O–H groups in total. The highest BCUT2D eigenvalue weighted by Gasteiger charge is 2.48. The van der Waals surface area contributed by atoms with Gasteiger partial charge < -0.3 is 19.7 Å². The first-order chi connectivity index (χ1) is 6.99. The van der Waals surface area contributed by atoms with E-state index in [-0.39, 0.29) is 12.4 Å². The molecular formula is C10H14O5. The Hall–Kier alpha value is -1.49. The van der Waals surface area contributed by atoms with Gasteiger partial charge in [-0.05, 0) is 13.0 Å². The predicted octanol–water partition coefficient (Wildman–Crippen LogP) is 0.512. The molecule has 84 valence electrons. The van der Waals surface area contributed by atoms with Gasteiger partial charge in [-0.3, -0.25) is 4.79 Å². The molecule has 5 heteroatoms. The third-order valence-electron chi connectivity index (χ3n) is 2.14. The molecule has 5 nitrogen and oxygen atoms in total. The molecule has 0 aliphatic heterocycles. The first-order valence-electron chi connectivity index (χ1n) is 4.52. The molecule has 0 aromatic rings. The van der Waals surface area contributed by atoms with Gasteiger partial charge in [-0.15, -0.1) is 0 Å². The zero-order valence-electron chi connectivity index (χ0n) is 8.47. The molecule has 0 aromatic carbocycles. The van der Waals surface area contributed by atoms with Crippen molar-refractivity contribution in [3.8, 4) is 0 Å². The van der Waals surface area contributed by atoms with Crippen molar-refractivity contribution in [1.82, 2.24) is 0 Å². The van der Waals surface area contributed by atoms with E-state index in [1.165, 1.54) is 19.3 Å². The lowest BCUT2D eigenvalue weighted by atomic mass is 9.77. The third-order valence-corrected chi connectivity index (χ3v) is 2.14. The summed E-state index contributed by atoms with van der Waals surface area (Å²) >= 11 is 0. The Labute approximate surface area is 87.6 Å². The minimum Gasteiger partial charge on any atom is -0.498 e. The Morgan fingerprint density at radius 3 is 2.87 bits per heavy atom. The van der Waals surface area contributed by atoms with Crippen molar-refractivity contribution in [3.05, 3.63) is 24.7 Å². The molecular weight excluding hydrogens is 200 g/mol. The maximum Gasteiger partial charge on any atom is 0.317 e. The number of hydrogen-bond acceptors (Lipinski definition) is 4. The average molecular weight is 214 g/mol. The number of aliphatic carboxylic acids is 1. The van der Waals surface area contributed by atoms with E-state index in [1.54, 1.807) is 0 Å². The topological polar surface area (TPSA) is 76.0 Å². The largest absolute Gasteiger partial charge is 0.498 e. The standard InChI is InChI=1S/C10H14O5/c1-3-14-4-5-15-7-6-10(2,13)8(7)9(11)12/h3,6,8,13H,1,4-5H2,2H3,(H,11,12). The van der Waals surface area contributed by atoms with Crippen molar-refractivity contribution in [1.29, 1.82) is 0 Å². The van der Waals surface area contributed by atoms with Crippen LogP contribution < -0.4 is 0 Å². The van der Waals surface area contributed by atoms with Crippen molar-refractivity contribution in [3.63, 3.8) is 0 Å². The van der Waals surface area contributed by atoms with Crippen LogP contribution in [0.3, 0.4) is 0 Å². The summed E-state index contributed by atoms with van der Waals surface area (Å²) in [6.45, 7) is 5.32. The lowest BCUT2D eigenvalue weighted by Crippen LogP contribution is -2.47. The van der Waals surface area contributed by atoms with Gasteiger partial charge in [0.25, 0.3) is 0 Å². The number of rotatable bonds is 6. The van der Waals surface area contributed by atoms with Crippen molar-refractivity contribution in [2.75, 3.05) is 13.2 Å². The van der Waals surface area contributed by atoms with E-state index in [9.17, 15) is 9.90 Å². The van der Waals surface area contributed by atoms with Gasteiger partial charge in [-0.1, -0.05) is 6.58 Å². The highest BCUT2D eigenvalue weighted by molar-refractivity contribution is 5.77. The maximum absolute atomic E-state index is 10.8. The van der Waals surface area contributed by atoms with Crippen molar-refractivity contribution in [2.45, 2.75) is 12.5 Å². The third kappa shape index (κ3) is 2.50. The van der Waals surface area contributed by atoms with E-state index < -0.39 is 17.5 Å². The molecule has 0 bridgehead atoms. The molecule has 15 heavy (non-hydrogen) atoms. The van der Waals surface area contributed by atoms with E-state index in [1.807, 2.05) is 0 Å². The van der Waals surface area contributed by atoms with Gasteiger partial charge >= 0.3 is 5.97 Å². The van der Waals surface area contributed by atoms with Crippen LogP contribution in [0.2, 0.25) is 0 Å². The van der Waals surface area contributed by atoms with Crippen molar-refractivity contribution < 1.29 is 24.5 Å². The highest BCUT2D eigenvalue weighted by Crippen LogP contribution is 2.37. The lowest BCUT2D eigenvalue weighted by molar-refractivity contribution is -0.151. The van der Waals surface area contributed by atoms with E-state index >= 15 is 0 Å². The molecule has 1 aliphatic rings. The van der Waals surface area contributed by atoms with Gasteiger partial charge in [0.1, 0.15) is 30.5 Å². The fourth-order valence-corrected chi connectivity index (χ4v) is 1.43. The molecule has 0 spiro atoms. The molecule has 0 aromatic heterocycles. The summed E-state index contributed by atoms with van der Waals surface area (Å²) < 4.78 is 9.94. The summed E-state index contributed by atoms with van der Waals surface area (Å²) in [6.07, 6.45) is 2.67. The minimum atomic E-state index is -1.32. The monoisotopic (exact) mass is 214 g/mol. The first kappa shape index (κ1) is 11.6. The second-order valence-electron chi connectivity index (χ2n) is 3.43. The zero-order valence-corrected chi connectivity index (χ0v) is 8.47. The molecule has 0 saturated heterocycles. The first-order valence-corrected chi connectivity index (χ1v) is 4.52. The highest BCUT2D eigenvalue weighted by atomic mass is 16.5. The van der Waals surface area contributed by atoms with Crippen LogP contribution in [-0.2, 0) is 14.3 Å². The smallest absolute Gasteiger partial charge is 0.317 e. The van der Waals surface area contributed by atoms with Crippen LogP contribution in [0, 0.1) is 5.92 Å². The molecule has 1 rings (SSSR count). The van der Waals surface area contributed by atoms with Crippen LogP contribution in [0.25, 0.3) is 0 Å². The van der Waals surface area contributed by atoms with E-state index in [4.69, 9.17) is 14.6 Å². The van der Waals surface area contributed by atoms with Crippen LogP contribution in [0.1, 0.15) is 6.92 Å². The summed E-state index contributed by atoms with van der Waals surface area (Å²) in [4.78, 5) is 10.8. The predicted molar refractivity (Wildman–Crippen MR) is 51.9 cm³/mol. The molecule has 2 unspecified atom stereocenters. The van der Waals surface area contributed by atoms with Crippen LogP contribution in [0.15, 0.2) is 24.7 Å².